The third kappa shape index (κ3) is 7.35. The number of para-hydroxylation sites is 1. The highest BCUT2D eigenvalue weighted by Crippen LogP contribution is 2.39. The van der Waals surface area contributed by atoms with Crippen LogP contribution in [-0.4, -0.2) is 63.9 Å². The molecule has 33 heavy (non-hydrogen) atoms. The quantitative estimate of drug-likeness (QED) is 0.395. The molecule has 2 unspecified atom stereocenters. The maximum atomic E-state index is 13.5. The number of aliphatic hydroxyl groups excluding tert-OH is 1. The van der Waals surface area contributed by atoms with E-state index < -0.39 is 42.2 Å². The number of carbonyl (C=O) groups excluding carboxylic acids is 3. The normalized spacial score (nSPS) is 15.3. The molecule has 1 fully saturated rings. The molecule has 2 rings (SSSR count). The average Bonchev–Trinajstić information content (AvgIpc) is 3.56. The van der Waals surface area contributed by atoms with Crippen LogP contribution in [0.4, 0.5) is 4.79 Å². The number of amides is 3. The van der Waals surface area contributed by atoms with E-state index in [0.717, 1.165) is 12.8 Å². The molecule has 0 heterocycles. The van der Waals surface area contributed by atoms with E-state index in [0.29, 0.717) is 30.5 Å². The second-order valence-corrected chi connectivity index (χ2v) is 9.42. The van der Waals surface area contributed by atoms with Crippen LogP contribution in [0.3, 0.4) is 0 Å². The molecule has 0 aromatic heterocycles. The SMILES string of the molecule is CCCCNC(=O)C(c1cccc(C)c1O)N(C(=O)C(CO)NC(=O)OC(C)(C)C)C1CC1. The Morgan fingerprint density at radius 1 is 1.24 bits per heavy atom. The molecule has 184 valence electrons. The van der Waals surface area contributed by atoms with E-state index in [9.17, 15) is 24.6 Å². The number of alkyl carbamates (subject to hydrolysis) is 1. The number of nitrogens with zero attached hydrogens (tertiary/aromatic N) is 1. The van der Waals surface area contributed by atoms with Crippen molar-refractivity contribution in [3.8, 4) is 5.75 Å². The monoisotopic (exact) mass is 463 g/mol. The molecule has 1 aromatic carbocycles. The molecule has 1 aliphatic carbocycles. The summed E-state index contributed by atoms with van der Waals surface area (Å²) in [5.41, 5.74) is 0.101. The summed E-state index contributed by atoms with van der Waals surface area (Å²) in [6, 6.07) is 2.41. The smallest absolute Gasteiger partial charge is 0.408 e. The Morgan fingerprint density at radius 2 is 1.91 bits per heavy atom. The standard InChI is InChI=1S/C24H37N3O6/c1-6-7-13-25-21(30)19(17-10-8-9-15(2)20(17)29)27(16-11-12-16)22(31)18(14-28)26-23(32)33-24(3,4)5/h8-10,16,18-19,28-29H,6-7,11-14H2,1-5H3,(H,25,30)(H,26,32). The van der Waals surface area contributed by atoms with Crippen molar-refractivity contribution in [1.29, 1.82) is 0 Å². The number of carbonyl (C=O) groups is 3. The summed E-state index contributed by atoms with van der Waals surface area (Å²) in [6.45, 7) is 8.57. The molecule has 1 aromatic rings. The van der Waals surface area contributed by atoms with E-state index in [1.807, 2.05) is 6.92 Å². The van der Waals surface area contributed by atoms with Crippen molar-refractivity contribution in [2.24, 2.45) is 0 Å². The van der Waals surface area contributed by atoms with Crippen molar-refractivity contribution in [1.82, 2.24) is 15.5 Å². The molecule has 0 aliphatic heterocycles. The number of aromatic hydroxyl groups is 1. The number of unbranched alkanes of at least 4 members (excludes halogenated alkanes) is 1. The number of nitrogens with one attached hydrogen (secondary N) is 2. The number of aliphatic hydroxyl groups is 1. The van der Waals surface area contributed by atoms with Crippen molar-refractivity contribution in [2.75, 3.05) is 13.2 Å². The molecule has 9 heteroatoms. The summed E-state index contributed by atoms with van der Waals surface area (Å²) in [4.78, 5) is 40.5. The third-order valence-corrected chi connectivity index (χ3v) is 5.29. The summed E-state index contributed by atoms with van der Waals surface area (Å²) in [5.74, 6) is -1.09. The molecule has 1 saturated carbocycles. The minimum absolute atomic E-state index is 0.0627. The van der Waals surface area contributed by atoms with Gasteiger partial charge in [0.25, 0.3) is 0 Å². The lowest BCUT2D eigenvalue weighted by Crippen LogP contribution is -2.55. The van der Waals surface area contributed by atoms with Crippen molar-refractivity contribution in [2.45, 2.75) is 84.0 Å². The fourth-order valence-electron chi connectivity index (χ4n) is 3.49. The zero-order valence-electron chi connectivity index (χ0n) is 20.2. The number of hydrogen-bond acceptors (Lipinski definition) is 6. The molecule has 0 saturated heterocycles. The van der Waals surface area contributed by atoms with Crippen LogP contribution in [0.1, 0.15) is 70.5 Å². The molecule has 2 atom stereocenters. The minimum atomic E-state index is -1.29. The number of phenolic OH excluding ortho intramolecular Hbond substituents is 1. The van der Waals surface area contributed by atoms with Gasteiger partial charge >= 0.3 is 6.09 Å². The second-order valence-electron chi connectivity index (χ2n) is 9.42. The zero-order valence-corrected chi connectivity index (χ0v) is 20.2. The Bertz CT molecular complexity index is 847. The fourth-order valence-corrected chi connectivity index (χ4v) is 3.49. The summed E-state index contributed by atoms with van der Waals surface area (Å²) in [7, 11) is 0. The topological polar surface area (TPSA) is 128 Å². The number of benzene rings is 1. The summed E-state index contributed by atoms with van der Waals surface area (Å²) >= 11 is 0. The van der Waals surface area contributed by atoms with Gasteiger partial charge in [0.1, 0.15) is 23.4 Å². The van der Waals surface area contributed by atoms with Crippen LogP contribution in [-0.2, 0) is 14.3 Å². The minimum Gasteiger partial charge on any atom is -0.507 e. The van der Waals surface area contributed by atoms with Gasteiger partial charge in [-0.05, 0) is 52.5 Å². The first-order valence-electron chi connectivity index (χ1n) is 11.5. The Morgan fingerprint density at radius 3 is 2.45 bits per heavy atom. The Labute approximate surface area is 195 Å². The van der Waals surface area contributed by atoms with E-state index in [2.05, 4.69) is 10.6 Å². The Kier molecular flexibility index (Phi) is 9.10. The predicted molar refractivity (Wildman–Crippen MR) is 124 cm³/mol. The van der Waals surface area contributed by atoms with Gasteiger partial charge < -0.3 is 30.5 Å². The average molecular weight is 464 g/mol. The van der Waals surface area contributed by atoms with Crippen LogP contribution >= 0.6 is 0 Å². The first-order valence-corrected chi connectivity index (χ1v) is 11.5. The Balaban J connectivity index is 2.39. The lowest BCUT2D eigenvalue weighted by atomic mass is 9.99. The number of phenols is 1. The van der Waals surface area contributed by atoms with Gasteiger partial charge in [-0.25, -0.2) is 4.79 Å². The van der Waals surface area contributed by atoms with Gasteiger partial charge in [-0.3, -0.25) is 9.59 Å². The summed E-state index contributed by atoms with van der Waals surface area (Å²) in [5, 5.41) is 25.9. The van der Waals surface area contributed by atoms with Crippen molar-refractivity contribution < 1.29 is 29.3 Å². The maximum Gasteiger partial charge on any atom is 0.408 e. The molecular formula is C24H37N3O6. The van der Waals surface area contributed by atoms with Crippen molar-refractivity contribution in [3.05, 3.63) is 29.3 Å². The maximum absolute atomic E-state index is 13.5. The molecule has 0 radical (unpaired) electrons. The van der Waals surface area contributed by atoms with E-state index in [1.165, 1.54) is 4.90 Å². The lowest BCUT2D eigenvalue weighted by Gasteiger charge is -2.34. The van der Waals surface area contributed by atoms with Crippen LogP contribution < -0.4 is 10.6 Å². The highest BCUT2D eigenvalue weighted by atomic mass is 16.6. The van der Waals surface area contributed by atoms with Gasteiger partial charge in [0, 0.05) is 18.2 Å². The van der Waals surface area contributed by atoms with E-state index in [4.69, 9.17) is 4.74 Å². The molecule has 9 nitrogen and oxygen atoms in total. The number of ether oxygens (including phenoxy) is 1. The number of rotatable bonds is 10. The highest BCUT2D eigenvalue weighted by Gasteiger charge is 2.44. The summed E-state index contributed by atoms with van der Waals surface area (Å²) < 4.78 is 5.22. The molecule has 0 bridgehead atoms. The largest absolute Gasteiger partial charge is 0.507 e. The first-order chi connectivity index (χ1) is 15.5. The van der Waals surface area contributed by atoms with Gasteiger partial charge in [0.15, 0.2) is 0 Å². The number of aryl methyl sites for hydroxylation is 1. The molecule has 0 spiro atoms. The zero-order chi connectivity index (χ0) is 24.8. The molecular weight excluding hydrogens is 426 g/mol. The van der Waals surface area contributed by atoms with E-state index >= 15 is 0 Å². The van der Waals surface area contributed by atoms with Crippen LogP contribution in [0.25, 0.3) is 0 Å². The van der Waals surface area contributed by atoms with Gasteiger partial charge in [-0.1, -0.05) is 31.5 Å². The van der Waals surface area contributed by atoms with Gasteiger partial charge in [0.2, 0.25) is 11.8 Å². The van der Waals surface area contributed by atoms with Gasteiger partial charge in [0.05, 0.1) is 6.61 Å². The van der Waals surface area contributed by atoms with Gasteiger partial charge in [-0.15, -0.1) is 0 Å². The predicted octanol–water partition coefficient (Wildman–Crippen LogP) is 2.53. The second kappa shape index (κ2) is 11.4. The lowest BCUT2D eigenvalue weighted by molar-refractivity contribution is -0.144. The summed E-state index contributed by atoms with van der Waals surface area (Å²) in [6.07, 6.45) is 2.18. The van der Waals surface area contributed by atoms with Crippen LogP contribution in [0.15, 0.2) is 18.2 Å². The molecule has 3 amide bonds. The molecule has 4 N–H and O–H groups in total. The Hall–Kier alpha value is -2.81. The fraction of sp³-hybridized carbons (Fsp3) is 0.625. The number of hydrogen-bond donors (Lipinski definition) is 4. The van der Waals surface area contributed by atoms with Crippen LogP contribution in [0.2, 0.25) is 0 Å². The van der Waals surface area contributed by atoms with Crippen LogP contribution in [0.5, 0.6) is 5.75 Å². The van der Waals surface area contributed by atoms with Crippen molar-refractivity contribution in [3.63, 3.8) is 0 Å². The van der Waals surface area contributed by atoms with Crippen molar-refractivity contribution >= 4 is 17.9 Å². The highest BCUT2D eigenvalue weighted by molar-refractivity contribution is 5.93. The van der Waals surface area contributed by atoms with Crippen LogP contribution in [0, 0.1) is 6.92 Å². The van der Waals surface area contributed by atoms with Gasteiger partial charge in [-0.2, -0.15) is 0 Å². The molecule has 1 aliphatic rings. The van der Waals surface area contributed by atoms with E-state index in [-0.39, 0.29) is 11.8 Å². The third-order valence-electron chi connectivity index (χ3n) is 5.29. The first kappa shape index (κ1) is 26.4. The van der Waals surface area contributed by atoms with E-state index in [1.54, 1.807) is 45.9 Å².